The fourth-order valence-corrected chi connectivity index (χ4v) is 2.85. The third-order valence-electron chi connectivity index (χ3n) is 4.32. The first-order chi connectivity index (χ1) is 13.4. The topological polar surface area (TPSA) is 112 Å². The predicted octanol–water partition coefficient (Wildman–Crippen LogP) is 1.77. The molecule has 1 aromatic carbocycles. The van der Waals surface area contributed by atoms with E-state index in [0.717, 1.165) is 10.5 Å². The third-order valence-corrected chi connectivity index (χ3v) is 4.32. The molecule has 2 aromatic rings. The summed E-state index contributed by atoms with van der Waals surface area (Å²) in [6.07, 6.45) is 1.46. The second kappa shape index (κ2) is 7.95. The molecule has 9 nitrogen and oxygen atoms in total. The molecule has 1 aromatic heterocycles. The maximum Gasteiger partial charge on any atom is 0.332 e. The lowest BCUT2D eigenvalue weighted by molar-refractivity contribution is -0.131. The van der Waals surface area contributed by atoms with E-state index in [4.69, 9.17) is 4.42 Å². The van der Waals surface area contributed by atoms with E-state index in [1.54, 1.807) is 31.2 Å². The highest BCUT2D eigenvalue weighted by Crippen LogP contribution is 2.25. The number of hydrogen-bond donors (Lipinski definition) is 2. The van der Waals surface area contributed by atoms with Crippen LogP contribution < -0.4 is 15.5 Å². The van der Waals surface area contributed by atoms with Crippen molar-refractivity contribution in [2.45, 2.75) is 26.4 Å². The van der Waals surface area contributed by atoms with Gasteiger partial charge in [0.2, 0.25) is 5.91 Å². The summed E-state index contributed by atoms with van der Waals surface area (Å²) in [6.45, 7) is 3.07. The summed E-state index contributed by atoms with van der Waals surface area (Å²) in [5.74, 6) is -0.747. The smallest absolute Gasteiger partial charge is 0.332 e. The van der Waals surface area contributed by atoms with Gasteiger partial charge in [-0.05, 0) is 38.1 Å². The number of imide groups is 2. The normalized spacial score (nSPS) is 16.4. The average molecular weight is 384 g/mol. The summed E-state index contributed by atoms with van der Waals surface area (Å²) in [4.78, 5) is 51.1. The Hall–Kier alpha value is -3.62. The molecule has 0 spiro atoms. The van der Waals surface area contributed by atoms with Crippen LogP contribution in [0.1, 0.15) is 18.2 Å². The number of carbonyl (C=O) groups is 4. The molecule has 0 aliphatic carbocycles. The summed E-state index contributed by atoms with van der Waals surface area (Å²) in [7, 11) is 0. The maximum absolute atomic E-state index is 12.7. The SMILES string of the molecule is Cc1ccc(N2C(=O)N(CC(=O)NC(=O)NCc3ccco3)C(=O)C2C)cc1. The third kappa shape index (κ3) is 4.03. The Balaban J connectivity index is 1.59. The van der Waals surface area contributed by atoms with E-state index in [9.17, 15) is 19.2 Å². The van der Waals surface area contributed by atoms with Crippen molar-refractivity contribution in [1.29, 1.82) is 0 Å². The summed E-state index contributed by atoms with van der Waals surface area (Å²) >= 11 is 0. The van der Waals surface area contributed by atoms with E-state index in [-0.39, 0.29) is 6.54 Å². The molecule has 0 saturated carbocycles. The Labute approximate surface area is 161 Å². The van der Waals surface area contributed by atoms with Crippen molar-refractivity contribution < 1.29 is 23.6 Å². The van der Waals surface area contributed by atoms with Crippen LogP contribution in [0.2, 0.25) is 0 Å². The van der Waals surface area contributed by atoms with Gasteiger partial charge in [0.25, 0.3) is 5.91 Å². The number of hydrogen-bond acceptors (Lipinski definition) is 5. The van der Waals surface area contributed by atoms with Crippen LogP contribution in [-0.4, -0.2) is 41.4 Å². The lowest BCUT2D eigenvalue weighted by Gasteiger charge is -2.19. The van der Waals surface area contributed by atoms with Crippen molar-refractivity contribution in [3.8, 4) is 0 Å². The van der Waals surface area contributed by atoms with E-state index in [2.05, 4.69) is 10.6 Å². The molecule has 6 amide bonds. The van der Waals surface area contributed by atoms with Crippen molar-refractivity contribution in [1.82, 2.24) is 15.5 Å². The Bertz CT molecular complexity index is 892. The van der Waals surface area contributed by atoms with Gasteiger partial charge in [0.1, 0.15) is 18.3 Å². The molecule has 1 aliphatic heterocycles. The zero-order valence-corrected chi connectivity index (χ0v) is 15.5. The highest BCUT2D eigenvalue weighted by molar-refractivity contribution is 6.15. The van der Waals surface area contributed by atoms with Gasteiger partial charge in [0, 0.05) is 5.69 Å². The second-order valence-electron chi connectivity index (χ2n) is 6.40. The second-order valence-corrected chi connectivity index (χ2v) is 6.40. The molecule has 2 heterocycles. The van der Waals surface area contributed by atoms with Crippen molar-refractivity contribution >= 4 is 29.6 Å². The molecule has 28 heavy (non-hydrogen) atoms. The van der Waals surface area contributed by atoms with E-state index < -0.39 is 36.5 Å². The van der Waals surface area contributed by atoms with Crippen molar-refractivity contribution in [3.05, 3.63) is 54.0 Å². The van der Waals surface area contributed by atoms with Gasteiger partial charge >= 0.3 is 12.1 Å². The highest BCUT2D eigenvalue weighted by Gasteiger charge is 2.44. The first kappa shape index (κ1) is 19.2. The minimum atomic E-state index is -0.767. The largest absolute Gasteiger partial charge is 0.467 e. The molecule has 1 atom stereocenters. The number of anilines is 1. The molecule has 1 aliphatic rings. The summed E-state index contributed by atoms with van der Waals surface area (Å²) in [6, 6.07) is 8.39. The minimum absolute atomic E-state index is 0.103. The molecule has 3 rings (SSSR count). The van der Waals surface area contributed by atoms with Crippen LogP contribution >= 0.6 is 0 Å². The van der Waals surface area contributed by atoms with Crippen molar-refractivity contribution in [3.63, 3.8) is 0 Å². The monoisotopic (exact) mass is 384 g/mol. The van der Waals surface area contributed by atoms with Crippen LogP contribution in [0.3, 0.4) is 0 Å². The molecule has 9 heteroatoms. The number of benzene rings is 1. The summed E-state index contributed by atoms with van der Waals surface area (Å²) in [5.41, 5.74) is 1.58. The Kier molecular flexibility index (Phi) is 5.44. The maximum atomic E-state index is 12.7. The van der Waals surface area contributed by atoms with Crippen LogP contribution in [0, 0.1) is 6.92 Å². The van der Waals surface area contributed by atoms with Gasteiger partial charge in [0.15, 0.2) is 0 Å². The highest BCUT2D eigenvalue weighted by atomic mass is 16.3. The van der Waals surface area contributed by atoms with E-state index in [1.807, 2.05) is 19.1 Å². The van der Waals surface area contributed by atoms with Crippen molar-refractivity contribution in [2.75, 3.05) is 11.4 Å². The molecule has 1 fully saturated rings. The molecule has 1 unspecified atom stereocenters. The lowest BCUT2D eigenvalue weighted by Crippen LogP contribution is -2.46. The predicted molar refractivity (Wildman–Crippen MR) is 99.3 cm³/mol. The number of amides is 6. The lowest BCUT2D eigenvalue weighted by atomic mass is 10.2. The van der Waals surface area contributed by atoms with Gasteiger partial charge in [-0.1, -0.05) is 17.7 Å². The zero-order chi connectivity index (χ0) is 20.3. The fraction of sp³-hybridized carbons (Fsp3) is 0.263. The zero-order valence-electron chi connectivity index (χ0n) is 15.5. The van der Waals surface area contributed by atoms with Gasteiger partial charge in [-0.25, -0.2) is 9.59 Å². The number of urea groups is 2. The Morgan fingerprint density at radius 1 is 1.14 bits per heavy atom. The van der Waals surface area contributed by atoms with Gasteiger partial charge in [-0.15, -0.1) is 0 Å². The van der Waals surface area contributed by atoms with E-state index in [1.165, 1.54) is 11.2 Å². The molecule has 0 bridgehead atoms. The Morgan fingerprint density at radius 2 is 1.86 bits per heavy atom. The first-order valence-electron chi connectivity index (χ1n) is 8.68. The molecule has 2 N–H and O–H groups in total. The standard InChI is InChI=1S/C19H20N4O5/c1-12-5-7-14(8-6-12)23-13(2)17(25)22(19(23)27)11-16(24)21-18(26)20-10-15-4-3-9-28-15/h3-9,13H,10-11H2,1-2H3,(H2,20,21,24,26). The van der Waals surface area contributed by atoms with Crippen LogP contribution in [0.4, 0.5) is 15.3 Å². The molecular formula is C19H20N4O5. The Morgan fingerprint density at radius 3 is 2.50 bits per heavy atom. The minimum Gasteiger partial charge on any atom is -0.467 e. The number of aryl methyl sites for hydroxylation is 1. The van der Waals surface area contributed by atoms with E-state index in [0.29, 0.717) is 11.4 Å². The van der Waals surface area contributed by atoms with Crippen molar-refractivity contribution in [2.24, 2.45) is 0 Å². The number of rotatable bonds is 5. The molecule has 0 radical (unpaired) electrons. The van der Waals surface area contributed by atoms with Gasteiger partial charge < -0.3 is 9.73 Å². The van der Waals surface area contributed by atoms with Gasteiger partial charge in [-0.3, -0.25) is 24.7 Å². The number of carbonyl (C=O) groups excluding carboxylic acids is 4. The summed E-state index contributed by atoms with van der Waals surface area (Å²) in [5, 5.41) is 4.54. The molecule has 1 saturated heterocycles. The van der Waals surface area contributed by atoms with Gasteiger partial charge in [-0.2, -0.15) is 0 Å². The summed E-state index contributed by atoms with van der Waals surface area (Å²) < 4.78 is 5.07. The average Bonchev–Trinajstić information content (AvgIpc) is 3.25. The van der Waals surface area contributed by atoms with Gasteiger partial charge in [0.05, 0.1) is 12.8 Å². The van der Waals surface area contributed by atoms with Crippen LogP contribution in [-0.2, 0) is 16.1 Å². The van der Waals surface area contributed by atoms with Crippen LogP contribution in [0.25, 0.3) is 0 Å². The molecular weight excluding hydrogens is 364 g/mol. The van der Waals surface area contributed by atoms with Crippen LogP contribution in [0.5, 0.6) is 0 Å². The number of nitrogens with zero attached hydrogens (tertiary/aromatic N) is 2. The van der Waals surface area contributed by atoms with Crippen LogP contribution in [0.15, 0.2) is 47.1 Å². The molecule has 146 valence electrons. The first-order valence-corrected chi connectivity index (χ1v) is 8.68. The fourth-order valence-electron chi connectivity index (χ4n) is 2.85. The number of furan rings is 1. The quantitative estimate of drug-likeness (QED) is 0.763. The van der Waals surface area contributed by atoms with E-state index >= 15 is 0 Å². The number of nitrogens with one attached hydrogen (secondary N) is 2.